The minimum Gasteiger partial charge on any atom is -0.350 e. The van der Waals surface area contributed by atoms with Crippen LogP contribution in [0.3, 0.4) is 0 Å². The summed E-state index contributed by atoms with van der Waals surface area (Å²) in [7, 11) is 0. The van der Waals surface area contributed by atoms with Crippen molar-refractivity contribution in [2.45, 2.75) is 19.4 Å². The molecule has 0 aromatic heterocycles. The third kappa shape index (κ3) is 5.17. The molecule has 3 amide bonds. The van der Waals surface area contributed by atoms with Crippen LogP contribution in [0, 0.1) is 0 Å². The summed E-state index contributed by atoms with van der Waals surface area (Å²) in [6.07, 6.45) is 1.54. The fourth-order valence-corrected chi connectivity index (χ4v) is 3.00. The minimum absolute atomic E-state index is 0.161. The molecule has 0 radical (unpaired) electrons. The molecular weight excluding hydrogens is 342 g/mol. The number of likely N-dealkylation sites (tertiary alicyclic amines) is 1. The molecule has 0 saturated carbocycles. The normalized spacial score (nSPS) is 13.5. The summed E-state index contributed by atoms with van der Waals surface area (Å²) in [6, 6.07) is 16.2. The van der Waals surface area contributed by atoms with Crippen molar-refractivity contribution in [1.82, 2.24) is 15.5 Å². The molecule has 0 aliphatic carbocycles. The van der Waals surface area contributed by atoms with E-state index in [1.807, 2.05) is 23.1 Å². The van der Waals surface area contributed by atoms with Gasteiger partial charge in [-0.25, -0.2) is 0 Å². The third-order valence-electron chi connectivity index (χ3n) is 4.49. The quantitative estimate of drug-likeness (QED) is 0.737. The molecule has 1 fully saturated rings. The van der Waals surface area contributed by atoms with E-state index in [0.717, 1.165) is 18.5 Å². The van der Waals surface area contributed by atoms with Crippen molar-refractivity contribution in [2.24, 2.45) is 0 Å². The Labute approximate surface area is 158 Å². The standard InChI is InChI=1S/C21H23N3O3/c25-19-7-4-14-24(19)15-16-8-10-18(11-9-16)21(27)23-13-12-22-20(26)17-5-2-1-3-6-17/h1-3,5-6,8-11H,4,7,12-15H2,(H,22,26)(H,23,27). The van der Waals surface area contributed by atoms with Gasteiger partial charge in [-0.05, 0) is 36.2 Å². The van der Waals surface area contributed by atoms with E-state index in [-0.39, 0.29) is 17.7 Å². The van der Waals surface area contributed by atoms with E-state index in [4.69, 9.17) is 0 Å². The number of hydrogen-bond acceptors (Lipinski definition) is 3. The highest BCUT2D eigenvalue weighted by Crippen LogP contribution is 2.14. The summed E-state index contributed by atoms with van der Waals surface area (Å²) in [4.78, 5) is 37.6. The van der Waals surface area contributed by atoms with Gasteiger partial charge in [0.1, 0.15) is 0 Å². The van der Waals surface area contributed by atoms with E-state index in [9.17, 15) is 14.4 Å². The SMILES string of the molecule is O=C(NCCNC(=O)c1ccc(CN2CCCC2=O)cc1)c1ccccc1. The molecule has 1 heterocycles. The van der Waals surface area contributed by atoms with Crippen molar-refractivity contribution >= 4 is 17.7 Å². The molecule has 140 valence electrons. The van der Waals surface area contributed by atoms with Crippen LogP contribution in [0.5, 0.6) is 0 Å². The summed E-state index contributed by atoms with van der Waals surface area (Å²) in [5, 5.41) is 5.56. The molecule has 3 rings (SSSR count). The molecule has 1 saturated heterocycles. The van der Waals surface area contributed by atoms with Gasteiger partial charge < -0.3 is 15.5 Å². The summed E-state index contributed by atoms with van der Waals surface area (Å²) < 4.78 is 0. The largest absolute Gasteiger partial charge is 0.350 e. The molecule has 2 aromatic rings. The van der Waals surface area contributed by atoms with Gasteiger partial charge in [0.05, 0.1) is 0 Å². The predicted molar refractivity (Wildman–Crippen MR) is 102 cm³/mol. The highest BCUT2D eigenvalue weighted by atomic mass is 16.2. The second-order valence-corrected chi connectivity index (χ2v) is 6.49. The number of benzene rings is 2. The molecule has 27 heavy (non-hydrogen) atoms. The van der Waals surface area contributed by atoms with Crippen LogP contribution < -0.4 is 10.6 Å². The molecular formula is C21H23N3O3. The monoisotopic (exact) mass is 365 g/mol. The zero-order chi connectivity index (χ0) is 19.1. The molecule has 2 N–H and O–H groups in total. The summed E-state index contributed by atoms with van der Waals surface area (Å²) in [5.41, 5.74) is 2.16. The first-order valence-electron chi connectivity index (χ1n) is 9.11. The number of carbonyl (C=O) groups is 3. The van der Waals surface area contributed by atoms with Gasteiger partial charge in [0.15, 0.2) is 0 Å². The maximum atomic E-state index is 12.2. The highest BCUT2D eigenvalue weighted by molar-refractivity contribution is 5.95. The van der Waals surface area contributed by atoms with Crippen molar-refractivity contribution in [3.8, 4) is 0 Å². The number of amides is 3. The van der Waals surface area contributed by atoms with Crippen molar-refractivity contribution in [1.29, 1.82) is 0 Å². The molecule has 1 aliphatic heterocycles. The van der Waals surface area contributed by atoms with Crippen molar-refractivity contribution in [3.05, 3.63) is 71.3 Å². The molecule has 0 atom stereocenters. The van der Waals surface area contributed by atoms with E-state index >= 15 is 0 Å². The van der Waals surface area contributed by atoms with Crippen LogP contribution in [-0.2, 0) is 11.3 Å². The van der Waals surface area contributed by atoms with Crippen LogP contribution in [0.4, 0.5) is 0 Å². The maximum absolute atomic E-state index is 12.2. The Morgan fingerprint density at radius 2 is 1.44 bits per heavy atom. The molecule has 1 aliphatic rings. The van der Waals surface area contributed by atoms with Crippen LogP contribution in [0.2, 0.25) is 0 Å². The maximum Gasteiger partial charge on any atom is 0.251 e. The van der Waals surface area contributed by atoms with Gasteiger partial charge in [0, 0.05) is 43.7 Å². The molecule has 0 spiro atoms. The van der Waals surface area contributed by atoms with Gasteiger partial charge in [-0.2, -0.15) is 0 Å². The van der Waals surface area contributed by atoms with Crippen molar-refractivity contribution < 1.29 is 14.4 Å². The van der Waals surface area contributed by atoms with Crippen LogP contribution in [0.15, 0.2) is 54.6 Å². The Morgan fingerprint density at radius 1 is 0.852 bits per heavy atom. The predicted octanol–water partition coefficient (Wildman–Crippen LogP) is 1.97. The summed E-state index contributed by atoms with van der Waals surface area (Å²) in [6.45, 7) is 2.10. The Bertz CT molecular complexity index is 803. The zero-order valence-corrected chi connectivity index (χ0v) is 15.1. The number of rotatable bonds is 7. The van der Waals surface area contributed by atoms with Gasteiger partial charge in [-0.1, -0.05) is 30.3 Å². The van der Waals surface area contributed by atoms with Gasteiger partial charge in [0.2, 0.25) is 5.91 Å². The van der Waals surface area contributed by atoms with Crippen molar-refractivity contribution in [2.75, 3.05) is 19.6 Å². The topological polar surface area (TPSA) is 78.5 Å². The Hall–Kier alpha value is -3.15. The molecule has 6 heteroatoms. The average molecular weight is 365 g/mol. The lowest BCUT2D eigenvalue weighted by molar-refractivity contribution is -0.128. The van der Waals surface area contributed by atoms with E-state index in [2.05, 4.69) is 10.6 Å². The summed E-state index contributed by atoms with van der Waals surface area (Å²) >= 11 is 0. The van der Waals surface area contributed by atoms with Gasteiger partial charge in [0.25, 0.3) is 11.8 Å². The van der Waals surface area contributed by atoms with Gasteiger partial charge in [-0.3, -0.25) is 14.4 Å². The lowest BCUT2D eigenvalue weighted by atomic mass is 10.1. The minimum atomic E-state index is -0.187. The van der Waals surface area contributed by atoms with E-state index in [1.165, 1.54) is 0 Å². The first kappa shape index (κ1) is 18.6. The van der Waals surface area contributed by atoms with Gasteiger partial charge in [-0.15, -0.1) is 0 Å². The lowest BCUT2D eigenvalue weighted by Crippen LogP contribution is -2.34. The molecule has 6 nitrogen and oxygen atoms in total. The highest BCUT2D eigenvalue weighted by Gasteiger charge is 2.19. The number of carbonyl (C=O) groups excluding carboxylic acids is 3. The van der Waals surface area contributed by atoms with Crippen molar-refractivity contribution in [3.63, 3.8) is 0 Å². The molecule has 0 unspecified atom stereocenters. The number of nitrogens with zero attached hydrogens (tertiary/aromatic N) is 1. The van der Waals surface area contributed by atoms with E-state index in [1.54, 1.807) is 36.4 Å². The second kappa shape index (κ2) is 8.98. The van der Waals surface area contributed by atoms with Crippen LogP contribution in [0.25, 0.3) is 0 Å². The van der Waals surface area contributed by atoms with Crippen LogP contribution in [-0.4, -0.2) is 42.3 Å². The van der Waals surface area contributed by atoms with Crippen LogP contribution >= 0.6 is 0 Å². The van der Waals surface area contributed by atoms with E-state index in [0.29, 0.717) is 37.2 Å². The summed E-state index contributed by atoms with van der Waals surface area (Å²) in [5.74, 6) is -0.159. The Balaban J connectivity index is 1.41. The van der Waals surface area contributed by atoms with Gasteiger partial charge >= 0.3 is 0 Å². The fourth-order valence-electron chi connectivity index (χ4n) is 3.00. The third-order valence-corrected chi connectivity index (χ3v) is 4.49. The van der Waals surface area contributed by atoms with E-state index < -0.39 is 0 Å². The smallest absolute Gasteiger partial charge is 0.251 e. The molecule has 0 bridgehead atoms. The second-order valence-electron chi connectivity index (χ2n) is 6.49. The molecule has 2 aromatic carbocycles. The fraction of sp³-hybridized carbons (Fsp3) is 0.286. The number of nitrogens with one attached hydrogen (secondary N) is 2. The average Bonchev–Trinajstić information content (AvgIpc) is 3.10. The first-order chi connectivity index (χ1) is 13.1. The van der Waals surface area contributed by atoms with Crippen LogP contribution in [0.1, 0.15) is 39.1 Å². The zero-order valence-electron chi connectivity index (χ0n) is 15.1. The lowest BCUT2D eigenvalue weighted by Gasteiger charge is -2.15. The number of hydrogen-bond donors (Lipinski definition) is 2. The Kier molecular flexibility index (Phi) is 6.20. The Morgan fingerprint density at radius 3 is 2.00 bits per heavy atom. The first-order valence-corrected chi connectivity index (χ1v) is 9.11.